The first-order valence-corrected chi connectivity index (χ1v) is 4.31. The highest BCUT2D eigenvalue weighted by molar-refractivity contribution is 8.01. The van der Waals surface area contributed by atoms with Crippen molar-refractivity contribution in [1.82, 2.24) is 4.98 Å². The van der Waals surface area contributed by atoms with E-state index in [1.54, 1.807) is 24.2 Å². The number of hydrogen-bond donors (Lipinski definition) is 0. The average Bonchev–Trinajstić information content (AvgIpc) is 2.03. The van der Waals surface area contributed by atoms with E-state index in [2.05, 4.69) is 16.5 Å². The molecule has 0 aliphatic heterocycles. The fourth-order valence-corrected chi connectivity index (χ4v) is 0.914. The topological polar surface area (TPSA) is 12.9 Å². The van der Waals surface area contributed by atoms with Crippen LogP contribution in [0.15, 0.2) is 29.9 Å². The lowest BCUT2D eigenvalue weighted by molar-refractivity contribution is 1.32. The van der Waals surface area contributed by atoms with Crippen molar-refractivity contribution in [2.45, 2.75) is 0 Å². The maximum atomic E-state index is 3.91. The second-order valence-corrected chi connectivity index (χ2v) is 2.56. The number of thioether (sulfide) groups is 1. The van der Waals surface area contributed by atoms with Gasteiger partial charge in [0.15, 0.2) is 0 Å². The summed E-state index contributed by atoms with van der Waals surface area (Å²) in [5, 5.41) is 2.05. The first kappa shape index (κ1) is 7.35. The molecule has 0 atom stereocenters. The van der Waals surface area contributed by atoms with E-state index >= 15 is 0 Å². The summed E-state index contributed by atoms with van der Waals surface area (Å²) < 4.78 is 0. The Labute approximate surface area is 65.2 Å². The highest BCUT2D eigenvalue weighted by atomic mass is 32.2. The van der Waals surface area contributed by atoms with E-state index in [9.17, 15) is 0 Å². The second kappa shape index (κ2) is 4.12. The fraction of sp³-hybridized carbons (Fsp3) is 0.125. The van der Waals surface area contributed by atoms with Crippen LogP contribution in [0.5, 0.6) is 0 Å². The number of nitrogens with zero attached hydrogens (tertiary/aromatic N) is 1. The molecule has 0 aliphatic rings. The zero-order valence-corrected chi connectivity index (χ0v) is 6.64. The van der Waals surface area contributed by atoms with Gasteiger partial charge in [-0.15, -0.1) is 11.8 Å². The Bertz CT molecular complexity index is 206. The summed E-state index contributed by atoms with van der Waals surface area (Å²) in [6.07, 6.45) is 7.68. The number of aromatic nitrogens is 1. The molecular formula is C8H9NS. The molecular weight excluding hydrogens is 142 g/mol. The molecule has 10 heavy (non-hydrogen) atoms. The van der Waals surface area contributed by atoms with Gasteiger partial charge in [-0.05, 0) is 35.4 Å². The molecule has 0 aliphatic carbocycles. The van der Waals surface area contributed by atoms with E-state index in [0.29, 0.717) is 0 Å². The van der Waals surface area contributed by atoms with E-state index < -0.39 is 0 Å². The Balaban J connectivity index is 2.67. The monoisotopic (exact) mass is 151 g/mol. The Hall–Kier alpha value is -0.760. The van der Waals surface area contributed by atoms with E-state index in [1.807, 2.05) is 18.4 Å². The zero-order valence-electron chi connectivity index (χ0n) is 5.82. The Morgan fingerprint density at radius 3 is 2.70 bits per heavy atom. The summed E-state index contributed by atoms with van der Waals surface area (Å²) in [6, 6.07) is 3.96. The summed E-state index contributed by atoms with van der Waals surface area (Å²) in [5.41, 5.74) is 1.20. The minimum atomic E-state index is 1.20. The van der Waals surface area contributed by atoms with Gasteiger partial charge < -0.3 is 0 Å². The van der Waals surface area contributed by atoms with Crippen molar-refractivity contribution in [2.75, 3.05) is 6.26 Å². The average molecular weight is 151 g/mol. The third-order valence-electron chi connectivity index (χ3n) is 1.10. The van der Waals surface area contributed by atoms with Crippen LogP contribution in [0.3, 0.4) is 0 Å². The van der Waals surface area contributed by atoms with Gasteiger partial charge in [0.1, 0.15) is 0 Å². The minimum absolute atomic E-state index is 1.20. The van der Waals surface area contributed by atoms with Gasteiger partial charge in [0, 0.05) is 12.4 Å². The maximum absolute atomic E-state index is 3.91. The number of rotatable bonds is 2. The highest BCUT2D eigenvalue weighted by Gasteiger charge is 1.79. The zero-order chi connectivity index (χ0) is 7.23. The first-order valence-electron chi connectivity index (χ1n) is 3.03. The van der Waals surface area contributed by atoms with Crippen LogP contribution in [0.25, 0.3) is 6.08 Å². The molecule has 0 fully saturated rings. The molecule has 2 heteroatoms. The Morgan fingerprint density at radius 2 is 2.10 bits per heavy atom. The molecule has 0 bridgehead atoms. The third kappa shape index (κ3) is 2.23. The quantitative estimate of drug-likeness (QED) is 0.643. The normalized spacial score (nSPS) is 10.5. The van der Waals surface area contributed by atoms with Crippen molar-refractivity contribution in [1.29, 1.82) is 0 Å². The lowest BCUT2D eigenvalue weighted by Gasteiger charge is -1.87. The molecule has 1 aromatic heterocycles. The predicted molar refractivity (Wildman–Crippen MR) is 46.8 cm³/mol. The Kier molecular flexibility index (Phi) is 3.03. The highest BCUT2D eigenvalue weighted by Crippen LogP contribution is 2.03. The van der Waals surface area contributed by atoms with Crippen molar-refractivity contribution in [2.24, 2.45) is 0 Å². The second-order valence-electron chi connectivity index (χ2n) is 1.82. The fourth-order valence-electron chi connectivity index (χ4n) is 0.621. The molecule has 1 heterocycles. The van der Waals surface area contributed by atoms with Gasteiger partial charge in [-0.2, -0.15) is 0 Å². The Morgan fingerprint density at radius 1 is 1.40 bits per heavy atom. The molecule has 0 saturated heterocycles. The smallest absolute Gasteiger partial charge is 0.0273 e. The maximum Gasteiger partial charge on any atom is 0.0273 e. The van der Waals surface area contributed by atoms with Gasteiger partial charge in [-0.25, -0.2) is 0 Å². The lowest BCUT2D eigenvalue weighted by atomic mass is 10.3. The molecule has 0 amide bonds. The van der Waals surface area contributed by atoms with Gasteiger partial charge in [-0.1, -0.05) is 0 Å². The van der Waals surface area contributed by atoms with Crippen molar-refractivity contribution in [3.05, 3.63) is 35.5 Å². The van der Waals surface area contributed by atoms with Crippen molar-refractivity contribution in [3.63, 3.8) is 0 Å². The van der Waals surface area contributed by atoms with Crippen LogP contribution >= 0.6 is 11.8 Å². The molecule has 1 aromatic rings. The van der Waals surface area contributed by atoms with E-state index in [4.69, 9.17) is 0 Å². The van der Waals surface area contributed by atoms with E-state index in [1.165, 1.54) is 5.56 Å². The summed E-state index contributed by atoms with van der Waals surface area (Å²) in [6.45, 7) is 0. The van der Waals surface area contributed by atoms with Gasteiger partial charge in [0.25, 0.3) is 0 Å². The molecule has 0 spiro atoms. The van der Waals surface area contributed by atoms with Gasteiger partial charge in [0.2, 0.25) is 0 Å². The third-order valence-corrected chi connectivity index (χ3v) is 1.51. The molecule has 1 rings (SSSR count). The van der Waals surface area contributed by atoms with Crippen LogP contribution in [0.1, 0.15) is 5.56 Å². The summed E-state index contributed by atoms with van der Waals surface area (Å²) in [5.74, 6) is 0. The van der Waals surface area contributed by atoms with Crippen LogP contribution < -0.4 is 0 Å². The molecule has 0 N–H and O–H groups in total. The molecule has 1 nitrogen and oxygen atoms in total. The largest absolute Gasteiger partial charge is 0.265 e. The SMILES string of the molecule is CS/C=C/c1ccncc1. The van der Waals surface area contributed by atoms with Crippen LogP contribution in [0, 0.1) is 0 Å². The van der Waals surface area contributed by atoms with Crippen LogP contribution in [-0.4, -0.2) is 11.2 Å². The van der Waals surface area contributed by atoms with Crippen LogP contribution in [0.2, 0.25) is 0 Å². The van der Waals surface area contributed by atoms with E-state index in [0.717, 1.165) is 0 Å². The van der Waals surface area contributed by atoms with Gasteiger partial charge in [-0.3, -0.25) is 4.98 Å². The van der Waals surface area contributed by atoms with Crippen molar-refractivity contribution in [3.8, 4) is 0 Å². The van der Waals surface area contributed by atoms with Gasteiger partial charge in [0.05, 0.1) is 0 Å². The molecule has 0 aromatic carbocycles. The summed E-state index contributed by atoms with van der Waals surface area (Å²) in [4.78, 5) is 3.91. The van der Waals surface area contributed by atoms with Crippen LogP contribution in [-0.2, 0) is 0 Å². The first-order chi connectivity index (χ1) is 4.93. The van der Waals surface area contributed by atoms with Crippen molar-refractivity contribution < 1.29 is 0 Å². The number of hydrogen-bond acceptors (Lipinski definition) is 2. The molecule has 0 unspecified atom stereocenters. The standard InChI is InChI=1S/C8H9NS/c1-10-7-4-8-2-5-9-6-3-8/h2-7H,1H3/b7-4+. The van der Waals surface area contributed by atoms with Crippen LogP contribution in [0.4, 0.5) is 0 Å². The molecule has 0 radical (unpaired) electrons. The van der Waals surface area contributed by atoms with E-state index in [-0.39, 0.29) is 0 Å². The number of pyridine rings is 1. The molecule has 0 saturated carbocycles. The predicted octanol–water partition coefficient (Wildman–Crippen LogP) is 2.42. The van der Waals surface area contributed by atoms with Gasteiger partial charge >= 0.3 is 0 Å². The summed E-state index contributed by atoms with van der Waals surface area (Å²) in [7, 11) is 0. The minimum Gasteiger partial charge on any atom is -0.265 e. The van der Waals surface area contributed by atoms with Crippen molar-refractivity contribution >= 4 is 17.8 Å². The lowest BCUT2D eigenvalue weighted by Crippen LogP contribution is -1.70. The summed E-state index contributed by atoms with van der Waals surface area (Å²) >= 11 is 1.70. The molecule has 52 valence electrons.